The molecule has 1 heterocycles. The van der Waals surface area contributed by atoms with Gasteiger partial charge in [0.25, 0.3) is 5.91 Å². The van der Waals surface area contributed by atoms with Crippen molar-refractivity contribution in [3.05, 3.63) is 20.3 Å². The SMILES string of the molecule is CC(CN)CNC(=O)c1cc(Cl)sc1Cl. The van der Waals surface area contributed by atoms with Gasteiger partial charge in [-0.25, -0.2) is 0 Å². The lowest BCUT2D eigenvalue weighted by molar-refractivity contribution is 0.0949. The molecule has 0 bridgehead atoms. The molecule has 6 heteroatoms. The highest BCUT2D eigenvalue weighted by Gasteiger charge is 2.14. The van der Waals surface area contributed by atoms with E-state index in [9.17, 15) is 4.79 Å². The Labute approximate surface area is 103 Å². The monoisotopic (exact) mass is 266 g/mol. The van der Waals surface area contributed by atoms with Crippen LogP contribution >= 0.6 is 34.5 Å². The van der Waals surface area contributed by atoms with Crippen molar-refractivity contribution in [2.24, 2.45) is 11.7 Å². The van der Waals surface area contributed by atoms with Gasteiger partial charge in [-0.3, -0.25) is 4.79 Å². The molecular weight excluding hydrogens is 255 g/mol. The smallest absolute Gasteiger partial charge is 0.253 e. The number of nitrogens with two attached hydrogens (primary N) is 1. The number of thiophene rings is 1. The van der Waals surface area contributed by atoms with Gasteiger partial charge in [-0.2, -0.15) is 0 Å². The van der Waals surface area contributed by atoms with E-state index >= 15 is 0 Å². The summed E-state index contributed by atoms with van der Waals surface area (Å²) in [5, 5.41) is 2.75. The number of hydrogen-bond acceptors (Lipinski definition) is 3. The van der Waals surface area contributed by atoms with Crippen LogP contribution in [0.5, 0.6) is 0 Å². The van der Waals surface area contributed by atoms with E-state index in [4.69, 9.17) is 28.9 Å². The van der Waals surface area contributed by atoms with E-state index in [1.165, 1.54) is 11.3 Å². The minimum Gasteiger partial charge on any atom is -0.352 e. The number of halogens is 2. The van der Waals surface area contributed by atoms with Crippen LogP contribution < -0.4 is 11.1 Å². The van der Waals surface area contributed by atoms with Gasteiger partial charge in [0.15, 0.2) is 0 Å². The molecule has 3 nitrogen and oxygen atoms in total. The van der Waals surface area contributed by atoms with Crippen LogP contribution in [-0.2, 0) is 0 Å². The Hall–Kier alpha value is -0.290. The summed E-state index contributed by atoms with van der Waals surface area (Å²) in [4.78, 5) is 11.6. The maximum atomic E-state index is 11.6. The van der Waals surface area contributed by atoms with Gasteiger partial charge in [0.1, 0.15) is 4.34 Å². The largest absolute Gasteiger partial charge is 0.352 e. The van der Waals surface area contributed by atoms with Gasteiger partial charge in [0, 0.05) is 6.54 Å². The lowest BCUT2D eigenvalue weighted by Gasteiger charge is -2.09. The third-order valence-electron chi connectivity index (χ3n) is 1.91. The molecule has 0 spiro atoms. The molecule has 0 aliphatic carbocycles. The normalized spacial score (nSPS) is 12.5. The second-order valence-corrected chi connectivity index (χ2v) is 5.57. The molecule has 0 fully saturated rings. The molecule has 0 saturated carbocycles. The predicted molar refractivity (Wildman–Crippen MR) is 64.9 cm³/mol. The molecule has 1 aromatic heterocycles. The Kier molecular flexibility index (Phi) is 4.86. The molecule has 1 unspecified atom stereocenters. The van der Waals surface area contributed by atoms with Gasteiger partial charge >= 0.3 is 0 Å². The lowest BCUT2D eigenvalue weighted by atomic mass is 10.2. The van der Waals surface area contributed by atoms with Gasteiger partial charge in [0.2, 0.25) is 0 Å². The minimum absolute atomic E-state index is 0.205. The summed E-state index contributed by atoms with van der Waals surface area (Å²) in [6.07, 6.45) is 0. The van der Waals surface area contributed by atoms with Crippen molar-refractivity contribution in [1.29, 1.82) is 0 Å². The Balaban J connectivity index is 2.58. The van der Waals surface area contributed by atoms with E-state index in [1.807, 2.05) is 6.92 Å². The van der Waals surface area contributed by atoms with E-state index in [2.05, 4.69) is 5.32 Å². The first-order valence-electron chi connectivity index (χ1n) is 4.47. The van der Waals surface area contributed by atoms with Gasteiger partial charge in [-0.15, -0.1) is 11.3 Å². The molecule has 0 aliphatic heterocycles. The Bertz CT molecular complexity index is 354. The van der Waals surface area contributed by atoms with Crippen LogP contribution in [0.3, 0.4) is 0 Å². The van der Waals surface area contributed by atoms with Crippen LogP contribution in [0.25, 0.3) is 0 Å². The minimum atomic E-state index is -0.205. The fourth-order valence-electron chi connectivity index (χ4n) is 0.941. The van der Waals surface area contributed by atoms with Crippen molar-refractivity contribution >= 4 is 40.4 Å². The summed E-state index contributed by atoms with van der Waals surface area (Å²) in [5.74, 6) is 0.0466. The van der Waals surface area contributed by atoms with Crippen molar-refractivity contribution in [2.45, 2.75) is 6.92 Å². The molecule has 15 heavy (non-hydrogen) atoms. The zero-order valence-electron chi connectivity index (χ0n) is 8.22. The summed E-state index contributed by atoms with van der Waals surface area (Å²) in [6, 6.07) is 1.57. The van der Waals surface area contributed by atoms with E-state index in [1.54, 1.807) is 6.07 Å². The average Bonchev–Trinajstić information content (AvgIpc) is 2.53. The van der Waals surface area contributed by atoms with Crippen LogP contribution in [0.1, 0.15) is 17.3 Å². The molecule has 0 saturated heterocycles. The number of rotatable bonds is 4. The highest BCUT2D eigenvalue weighted by molar-refractivity contribution is 7.20. The van der Waals surface area contributed by atoms with Crippen LogP contribution in [0.4, 0.5) is 0 Å². The Morgan fingerprint density at radius 2 is 2.33 bits per heavy atom. The van der Waals surface area contributed by atoms with Gasteiger partial charge in [0.05, 0.1) is 9.90 Å². The predicted octanol–water partition coefficient (Wildman–Crippen LogP) is 2.38. The average molecular weight is 267 g/mol. The Morgan fingerprint density at radius 1 is 1.67 bits per heavy atom. The highest BCUT2D eigenvalue weighted by atomic mass is 35.5. The van der Waals surface area contributed by atoms with Gasteiger partial charge < -0.3 is 11.1 Å². The second kappa shape index (κ2) is 5.70. The third kappa shape index (κ3) is 3.65. The highest BCUT2D eigenvalue weighted by Crippen LogP contribution is 2.30. The van der Waals surface area contributed by atoms with Crippen molar-refractivity contribution < 1.29 is 4.79 Å². The number of nitrogens with one attached hydrogen (secondary N) is 1. The summed E-state index contributed by atoms with van der Waals surface area (Å²) in [6.45, 7) is 3.04. The standard InChI is InChI=1S/C9H12Cl2N2OS/c1-5(3-12)4-13-9(14)6-2-7(10)15-8(6)11/h2,5H,3-4,12H2,1H3,(H,13,14). The van der Waals surface area contributed by atoms with Crippen LogP contribution in [0, 0.1) is 5.92 Å². The zero-order chi connectivity index (χ0) is 11.4. The molecule has 0 radical (unpaired) electrons. The van der Waals surface area contributed by atoms with Crippen molar-refractivity contribution in [1.82, 2.24) is 5.32 Å². The summed E-state index contributed by atoms with van der Waals surface area (Å²) in [7, 11) is 0. The molecular formula is C9H12Cl2N2OS. The van der Waals surface area contributed by atoms with Crippen molar-refractivity contribution in [2.75, 3.05) is 13.1 Å². The zero-order valence-corrected chi connectivity index (χ0v) is 10.5. The van der Waals surface area contributed by atoms with Crippen LogP contribution in [-0.4, -0.2) is 19.0 Å². The fourth-order valence-corrected chi connectivity index (χ4v) is 2.40. The summed E-state index contributed by atoms with van der Waals surface area (Å²) >= 11 is 12.8. The first-order chi connectivity index (χ1) is 7.04. The van der Waals surface area contributed by atoms with Crippen LogP contribution in [0.15, 0.2) is 6.07 Å². The maximum absolute atomic E-state index is 11.6. The number of carbonyl (C=O) groups excluding carboxylic acids is 1. The summed E-state index contributed by atoms with van der Waals surface area (Å²) < 4.78 is 0.926. The molecule has 3 N–H and O–H groups in total. The molecule has 1 atom stereocenters. The second-order valence-electron chi connectivity index (χ2n) is 3.29. The van der Waals surface area contributed by atoms with Gasteiger partial charge in [-0.05, 0) is 18.5 Å². The first kappa shape index (κ1) is 12.8. The molecule has 0 aliphatic rings. The lowest BCUT2D eigenvalue weighted by Crippen LogP contribution is -2.31. The fraction of sp³-hybridized carbons (Fsp3) is 0.444. The topological polar surface area (TPSA) is 55.1 Å². The Morgan fingerprint density at radius 3 is 2.80 bits per heavy atom. The molecule has 0 aromatic carbocycles. The van der Waals surface area contributed by atoms with E-state index < -0.39 is 0 Å². The van der Waals surface area contributed by atoms with Crippen LogP contribution in [0.2, 0.25) is 8.67 Å². The molecule has 1 aromatic rings. The van der Waals surface area contributed by atoms with Crippen molar-refractivity contribution in [3.8, 4) is 0 Å². The van der Waals surface area contributed by atoms with Crippen molar-refractivity contribution in [3.63, 3.8) is 0 Å². The molecule has 1 rings (SSSR count). The van der Waals surface area contributed by atoms with Gasteiger partial charge in [-0.1, -0.05) is 30.1 Å². The number of amides is 1. The number of carbonyl (C=O) groups is 1. The van der Waals surface area contributed by atoms with E-state index in [-0.39, 0.29) is 11.8 Å². The number of hydrogen-bond donors (Lipinski definition) is 2. The first-order valence-corrected chi connectivity index (χ1v) is 6.05. The molecule has 1 amide bonds. The third-order valence-corrected chi connectivity index (χ3v) is 3.40. The summed E-state index contributed by atoms with van der Waals surface area (Å²) in [5.41, 5.74) is 5.86. The maximum Gasteiger partial charge on any atom is 0.253 e. The van der Waals surface area contributed by atoms with E-state index in [0.29, 0.717) is 27.3 Å². The quantitative estimate of drug-likeness (QED) is 0.880. The van der Waals surface area contributed by atoms with E-state index in [0.717, 1.165) is 0 Å². The molecule has 84 valence electrons.